The van der Waals surface area contributed by atoms with Gasteiger partial charge in [-0.05, 0) is 58.1 Å². The van der Waals surface area contributed by atoms with Crippen LogP contribution in [0.5, 0.6) is 0 Å². The van der Waals surface area contributed by atoms with Crippen molar-refractivity contribution in [2.75, 3.05) is 10.0 Å². The molecule has 5 nitrogen and oxygen atoms in total. The molecule has 6 heteroatoms. The van der Waals surface area contributed by atoms with Crippen molar-refractivity contribution in [2.24, 2.45) is 0 Å². The van der Waals surface area contributed by atoms with E-state index in [9.17, 15) is 0 Å². The van der Waals surface area contributed by atoms with Crippen LogP contribution in [0.25, 0.3) is 76.8 Å². The highest BCUT2D eigenvalue weighted by Crippen LogP contribution is 2.57. The third-order valence-electron chi connectivity index (χ3n) is 10.3. The van der Waals surface area contributed by atoms with Crippen molar-refractivity contribution in [3.05, 3.63) is 164 Å². The van der Waals surface area contributed by atoms with E-state index < -0.39 is 0 Å². The van der Waals surface area contributed by atoms with Crippen LogP contribution in [0.3, 0.4) is 0 Å². The third kappa shape index (κ3) is 4.12. The third-order valence-corrected chi connectivity index (χ3v) is 10.3. The van der Waals surface area contributed by atoms with Crippen LogP contribution in [-0.4, -0.2) is 17.8 Å². The van der Waals surface area contributed by atoms with Gasteiger partial charge in [0.1, 0.15) is 19.0 Å². The highest BCUT2D eigenvalue weighted by molar-refractivity contribution is 6.36. The van der Waals surface area contributed by atoms with Crippen LogP contribution >= 0.6 is 0 Å². The minimum atomic E-state index is 0.516. The SMILES string of the molecule is [B]c1ccccc1-c1nc(N2c3c(c4ccccc4c4oc5ccccc5c34)-c3cc4ccccc4cc3N2c2ccccc2)nc2ccccc12. The number of aromatic nitrogens is 2. The minimum absolute atomic E-state index is 0.516. The summed E-state index contributed by atoms with van der Waals surface area (Å²) in [4.78, 5) is 10.9. The first-order chi connectivity index (χ1) is 25.7. The zero-order valence-corrected chi connectivity index (χ0v) is 27.9. The summed E-state index contributed by atoms with van der Waals surface area (Å²) >= 11 is 0. The van der Waals surface area contributed by atoms with Crippen molar-refractivity contribution in [1.82, 2.24) is 9.97 Å². The van der Waals surface area contributed by atoms with Gasteiger partial charge in [-0.1, -0.05) is 133 Å². The van der Waals surface area contributed by atoms with Crippen LogP contribution in [0.4, 0.5) is 23.0 Å². The molecular formula is C46H27BN4O. The van der Waals surface area contributed by atoms with Gasteiger partial charge < -0.3 is 4.42 Å². The standard InChI is InChI=1S/C46H27BN4O/c47-37-23-11-8-20-33(37)43-34-21-9-12-24-38(34)48-46(49-43)51-44-41(31-18-6-7-19-32(31)45-42(44)35-22-10-13-25-40(35)52-45)36-26-28-14-4-5-15-29(28)27-39(36)50(51)30-16-2-1-3-17-30/h1-27H. The van der Waals surface area contributed by atoms with Crippen LogP contribution < -0.4 is 15.5 Å². The Morgan fingerprint density at radius 1 is 0.519 bits per heavy atom. The van der Waals surface area contributed by atoms with Gasteiger partial charge >= 0.3 is 0 Å². The number of nitrogens with zero attached hydrogens (tertiary/aromatic N) is 4. The number of furan rings is 1. The molecule has 1 aliphatic rings. The highest BCUT2D eigenvalue weighted by atomic mass is 16.3. The summed E-state index contributed by atoms with van der Waals surface area (Å²) in [6.07, 6.45) is 0. The number of para-hydroxylation sites is 3. The number of hydrazine groups is 1. The van der Waals surface area contributed by atoms with Crippen molar-refractivity contribution in [1.29, 1.82) is 0 Å². The molecule has 1 aliphatic heterocycles. The molecule has 0 spiro atoms. The molecule has 0 saturated carbocycles. The first-order valence-corrected chi connectivity index (χ1v) is 17.4. The Kier molecular flexibility index (Phi) is 6.13. The Balaban J connectivity index is 1.37. The van der Waals surface area contributed by atoms with Crippen LogP contribution in [0.1, 0.15) is 0 Å². The lowest BCUT2D eigenvalue weighted by molar-refractivity contribution is 0.672. The predicted molar refractivity (Wildman–Crippen MR) is 215 cm³/mol. The first kappa shape index (κ1) is 28.9. The molecule has 2 aromatic heterocycles. The highest BCUT2D eigenvalue weighted by Gasteiger charge is 2.38. The fourth-order valence-electron chi connectivity index (χ4n) is 8.01. The van der Waals surface area contributed by atoms with Gasteiger partial charge in [-0.25, -0.2) is 20.0 Å². The van der Waals surface area contributed by atoms with Gasteiger partial charge in [0.25, 0.3) is 5.95 Å². The van der Waals surface area contributed by atoms with Crippen LogP contribution in [0.15, 0.2) is 168 Å². The first-order valence-electron chi connectivity index (χ1n) is 17.4. The summed E-state index contributed by atoms with van der Waals surface area (Å²) in [6, 6.07) is 56.6. The number of rotatable bonds is 3. The van der Waals surface area contributed by atoms with Crippen molar-refractivity contribution >= 4 is 90.7 Å². The maximum absolute atomic E-state index is 6.79. The van der Waals surface area contributed by atoms with E-state index in [4.69, 9.17) is 22.2 Å². The van der Waals surface area contributed by atoms with E-state index in [1.165, 1.54) is 5.39 Å². The molecule has 0 fully saturated rings. The summed E-state index contributed by atoms with van der Waals surface area (Å²) < 4.78 is 6.79. The second-order valence-electron chi connectivity index (χ2n) is 13.2. The zero-order chi connectivity index (χ0) is 34.3. The lowest BCUT2D eigenvalue weighted by atomic mass is 9.88. The van der Waals surface area contributed by atoms with Gasteiger partial charge in [0.15, 0.2) is 0 Å². The van der Waals surface area contributed by atoms with Gasteiger partial charge in [0.05, 0.1) is 33.7 Å². The zero-order valence-electron chi connectivity index (χ0n) is 27.9. The summed E-state index contributed by atoms with van der Waals surface area (Å²) in [7, 11) is 6.67. The van der Waals surface area contributed by atoms with E-state index in [0.717, 1.165) is 88.4 Å². The van der Waals surface area contributed by atoms with Gasteiger partial charge in [-0.2, -0.15) is 0 Å². The Morgan fingerprint density at radius 2 is 1.17 bits per heavy atom. The molecule has 3 heterocycles. The molecular weight excluding hydrogens is 635 g/mol. The number of fused-ring (bicyclic) bond motifs is 12. The van der Waals surface area contributed by atoms with Crippen molar-refractivity contribution in [3.63, 3.8) is 0 Å². The monoisotopic (exact) mass is 662 g/mol. The minimum Gasteiger partial charge on any atom is -0.455 e. The van der Waals surface area contributed by atoms with E-state index >= 15 is 0 Å². The molecule has 0 atom stereocenters. The Labute approximate surface area is 300 Å². The molecule has 10 aromatic rings. The Hall–Kier alpha value is -6.92. The summed E-state index contributed by atoms with van der Waals surface area (Å²) in [5.41, 5.74) is 9.90. The molecule has 52 heavy (non-hydrogen) atoms. The normalized spacial score (nSPS) is 12.6. The van der Waals surface area contributed by atoms with Crippen LogP contribution in [0, 0.1) is 0 Å². The number of anilines is 4. The molecule has 0 N–H and O–H groups in total. The van der Waals surface area contributed by atoms with E-state index in [1.807, 2.05) is 60.7 Å². The molecule has 0 amide bonds. The molecule has 0 bridgehead atoms. The second-order valence-corrected chi connectivity index (χ2v) is 13.2. The second kappa shape index (κ2) is 11.0. The fourth-order valence-corrected chi connectivity index (χ4v) is 8.01. The quantitative estimate of drug-likeness (QED) is 0.176. The number of hydrogen-bond donors (Lipinski definition) is 0. The van der Waals surface area contributed by atoms with Gasteiger partial charge in [-0.3, -0.25) is 0 Å². The predicted octanol–water partition coefficient (Wildman–Crippen LogP) is 11.2. The Bertz CT molecular complexity index is 3060. The number of benzene rings is 8. The smallest absolute Gasteiger partial charge is 0.251 e. The molecule has 0 saturated heterocycles. The van der Waals surface area contributed by atoms with Crippen molar-refractivity contribution < 1.29 is 4.42 Å². The van der Waals surface area contributed by atoms with Crippen molar-refractivity contribution in [3.8, 4) is 22.4 Å². The van der Waals surface area contributed by atoms with Crippen LogP contribution in [0.2, 0.25) is 0 Å². The van der Waals surface area contributed by atoms with E-state index in [-0.39, 0.29) is 0 Å². The molecule has 8 aromatic carbocycles. The fraction of sp³-hybridized carbons (Fsp3) is 0. The summed E-state index contributed by atoms with van der Waals surface area (Å²) in [5.74, 6) is 0.516. The van der Waals surface area contributed by atoms with E-state index in [1.54, 1.807) is 0 Å². The van der Waals surface area contributed by atoms with Crippen LogP contribution in [-0.2, 0) is 0 Å². The van der Waals surface area contributed by atoms with Crippen molar-refractivity contribution in [2.45, 2.75) is 0 Å². The largest absolute Gasteiger partial charge is 0.455 e. The Morgan fingerprint density at radius 3 is 2.00 bits per heavy atom. The number of hydrogen-bond acceptors (Lipinski definition) is 5. The molecule has 2 radical (unpaired) electrons. The maximum atomic E-state index is 6.79. The maximum Gasteiger partial charge on any atom is 0.251 e. The van der Waals surface area contributed by atoms with Gasteiger partial charge in [0.2, 0.25) is 0 Å². The molecule has 0 unspecified atom stereocenters. The average Bonchev–Trinajstić information content (AvgIpc) is 3.60. The average molecular weight is 663 g/mol. The van der Waals surface area contributed by atoms with Gasteiger partial charge in [0, 0.05) is 27.3 Å². The van der Waals surface area contributed by atoms with Gasteiger partial charge in [-0.15, -0.1) is 0 Å². The topological polar surface area (TPSA) is 45.4 Å². The molecule has 240 valence electrons. The van der Waals surface area contributed by atoms with E-state index in [0.29, 0.717) is 11.4 Å². The molecule has 11 rings (SSSR count). The summed E-state index contributed by atoms with van der Waals surface area (Å²) in [5, 5.41) is 11.9. The lowest BCUT2D eigenvalue weighted by Crippen LogP contribution is -2.40. The van der Waals surface area contributed by atoms with E-state index in [2.05, 4.69) is 113 Å². The lowest BCUT2D eigenvalue weighted by Gasteiger charge is -2.43. The summed E-state index contributed by atoms with van der Waals surface area (Å²) in [6.45, 7) is 0. The molecule has 0 aliphatic carbocycles.